The van der Waals surface area contributed by atoms with Crippen LogP contribution in [-0.4, -0.2) is 29.0 Å². The summed E-state index contributed by atoms with van der Waals surface area (Å²) in [5, 5.41) is 3.03. The van der Waals surface area contributed by atoms with E-state index in [0.717, 1.165) is 31.5 Å². The van der Waals surface area contributed by atoms with Crippen molar-refractivity contribution in [2.75, 3.05) is 18.0 Å². The number of nitrogens with zero attached hydrogens (tertiary/aromatic N) is 2. The zero-order valence-corrected chi connectivity index (χ0v) is 17.2. The quantitative estimate of drug-likeness (QED) is 0.616. The van der Waals surface area contributed by atoms with Gasteiger partial charge in [-0.15, -0.1) is 0 Å². The van der Waals surface area contributed by atoms with E-state index in [0.29, 0.717) is 23.6 Å². The monoisotopic (exact) mass is 420 g/mol. The Morgan fingerprint density at radius 1 is 1.10 bits per heavy atom. The van der Waals surface area contributed by atoms with Crippen molar-refractivity contribution in [2.24, 2.45) is 0 Å². The van der Waals surface area contributed by atoms with E-state index in [4.69, 9.17) is 0 Å². The van der Waals surface area contributed by atoms with E-state index in [1.807, 2.05) is 30.3 Å². The van der Waals surface area contributed by atoms with Gasteiger partial charge in [0, 0.05) is 25.6 Å². The number of carbonyl (C=O) groups is 1. The number of hydrogen-bond acceptors (Lipinski definition) is 4. The predicted octanol–water partition coefficient (Wildman–Crippen LogP) is 3.15. The Kier molecular flexibility index (Phi) is 6.40. The normalized spacial score (nSPS) is 14.4. The van der Waals surface area contributed by atoms with Crippen LogP contribution in [0.5, 0.6) is 0 Å². The van der Waals surface area contributed by atoms with Gasteiger partial charge in [0.1, 0.15) is 5.82 Å². The molecule has 1 saturated heterocycles. The molecule has 1 aliphatic heterocycles. The van der Waals surface area contributed by atoms with Crippen LogP contribution in [0, 0.1) is 5.82 Å². The molecule has 2 heterocycles. The highest BCUT2D eigenvalue weighted by Crippen LogP contribution is 2.20. The van der Waals surface area contributed by atoms with Crippen molar-refractivity contribution in [1.82, 2.24) is 15.3 Å². The van der Waals surface area contributed by atoms with Crippen molar-refractivity contribution in [1.29, 1.82) is 0 Å². The van der Waals surface area contributed by atoms with Gasteiger partial charge in [-0.2, -0.15) is 0 Å². The molecule has 0 unspecified atom stereocenters. The van der Waals surface area contributed by atoms with Gasteiger partial charge in [0.25, 0.3) is 5.56 Å². The van der Waals surface area contributed by atoms with Gasteiger partial charge in [0.15, 0.2) is 0 Å². The summed E-state index contributed by atoms with van der Waals surface area (Å²) in [5.74, 6) is -0.00554. The van der Waals surface area contributed by atoms with Crippen LogP contribution in [0.15, 0.2) is 65.5 Å². The van der Waals surface area contributed by atoms with E-state index in [1.54, 1.807) is 12.1 Å². The summed E-state index contributed by atoms with van der Waals surface area (Å²) < 4.78 is 13.5. The minimum atomic E-state index is -0.368. The number of anilines is 1. The Morgan fingerprint density at radius 2 is 1.87 bits per heavy atom. The third-order valence-corrected chi connectivity index (χ3v) is 5.39. The zero-order chi connectivity index (χ0) is 21.6. The molecule has 6 nitrogen and oxygen atoms in total. The first-order chi connectivity index (χ1) is 15.1. The molecule has 1 aliphatic rings. The predicted molar refractivity (Wildman–Crippen MR) is 117 cm³/mol. The number of benzene rings is 2. The third-order valence-electron chi connectivity index (χ3n) is 5.39. The molecule has 0 aliphatic carbocycles. The van der Waals surface area contributed by atoms with Crippen molar-refractivity contribution in [3.63, 3.8) is 0 Å². The second-order valence-electron chi connectivity index (χ2n) is 7.80. The fourth-order valence-electron chi connectivity index (χ4n) is 3.90. The molecule has 2 N–H and O–H groups in total. The van der Waals surface area contributed by atoms with Gasteiger partial charge >= 0.3 is 0 Å². The van der Waals surface area contributed by atoms with E-state index < -0.39 is 0 Å². The van der Waals surface area contributed by atoms with Gasteiger partial charge < -0.3 is 10.2 Å². The van der Waals surface area contributed by atoms with Crippen LogP contribution in [-0.2, 0) is 17.6 Å². The lowest BCUT2D eigenvalue weighted by Crippen LogP contribution is -2.32. The highest BCUT2D eigenvalue weighted by Gasteiger charge is 2.19. The Labute approximate surface area is 180 Å². The minimum Gasteiger partial charge on any atom is -0.349 e. The number of hydrogen-bond donors (Lipinski definition) is 2. The molecule has 0 radical (unpaired) electrons. The molecule has 0 spiro atoms. The lowest BCUT2D eigenvalue weighted by atomic mass is 10.0. The number of nitrogens with one attached hydrogen (secondary N) is 2. The van der Waals surface area contributed by atoms with E-state index in [9.17, 15) is 14.0 Å². The molecule has 1 fully saturated rings. The first kappa shape index (κ1) is 20.8. The van der Waals surface area contributed by atoms with Crippen molar-refractivity contribution >= 4 is 11.9 Å². The topological polar surface area (TPSA) is 78.1 Å². The van der Waals surface area contributed by atoms with Crippen molar-refractivity contribution in [2.45, 2.75) is 31.7 Å². The standard InChI is InChI=1S/C24H25FN4O2/c25-19-10-6-7-17(13-19)14-22(30)27-21(18-8-2-1-3-9-18)15-20-16-23(31)28-24(26-20)29-11-4-5-12-29/h1-3,6-10,13,16,21H,4-5,11-12,14-15H2,(H,27,30)(H,26,28,31)/t21-/m0/s1. The summed E-state index contributed by atoms with van der Waals surface area (Å²) in [6.07, 6.45) is 2.61. The summed E-state index contributed by atoms with van der Waals surface area (Å²) in [4.78, 5) is 34.5. The van der Waals surface area contributed by atoms with Crippen LogP contribution in [0.3, 0.4) is 0 Å². The van der Waals surface area contributed by atoms with Crippen LogP contribution in [0.4, 0.5) is 10.3 Å². The fraction of sp³-hybridized carbons (Fsp3) is 0.292. The fourth-order valence-corrected chi connectivity index (χ4v) is 3.90. The van der Waals surface area contributed by atoms with Crippen LogP contribution in [0.25, 0.3) is 0 Å². The Hall–Kier alpha value is -3.48. The Morgan fingerprint density at radius 3 is 2.61 bits per heavy atom. The highest BCUT2D eigenvalue weighted by atomic mass is 19.1. The molecule has 31 heavy (non-hydrogen) atoms. The van der Waals surface area contributed by atoms with E-state index in [1.165, 1.54) is 18.2 Å². The molecule has 1 aromatic heterocycles. The second kappa shape index (κ2) is 9.55. The second-order valence-corrected chi connectivity index (χ2v) is 7.80. The van der Waals surface area contributed by atoms with Crippen molar-refractivity contribution in [3.8, 4) is 0 Å². The summed E-state index contributed by atoms with van der Waals surface area (Å²) >= 11 is 0. The van der Waals surface area contributed by atoms with Gasteiger partial charge in [-0.3, -0.25) is 14.6 Å². The summed E-state index contributed by atoms with van der Waals surface area (Å²) in [6, 6.07) is 16.7. The molecule has 160 valence electrons. The molecule has 0 bridgehead atoms. The Bertz CT molecular complexity index is 1090. The first-order valence-corrected chi connectivity index (χ1v) is 10.5. The average Bonchev–Trinajstić information content (AvgIpc) is 3.29. The lowest BCUT2D eigenvalue weighted by Gasteiger charge is -2.21. The molecule has 0 saturated carbocycles. The third kappa shape index (κ3) is 5.57. The van der Waals surface area contributed by atoms with Gasteiger partial charge in [0.05, 0.1) is 18.2 Å². The maximum Gasteiger partial charge on any atom is 0.252 e. The van der Waals surface area contributed by atoms with Gasteiger partial charge in [-0.25, -0.2) is 9.37 Å². The Balaban J connectivity index is 1.54. The summed E-state index contributed by atoms with van der Waals surface area (Å²) in [7, 11) is 0. The maximum atomic E-state index is 13.5. The number of carbonyl (C=O) groups excluding carboxylic acids is 1. The number of halogens is 1. The van der Waals surface area contributed by atoms with E-state index in [2.05, 4.69) is 20.2 Å². The molecular formula is C24H25FN4O2. The number of aromatic amines is 1. The van der Waals surface area contributed by atoms with Gasteiger partial charge in [-0.05, 0) is 36.1 Å². The van der Waals surface area contributed by atoms with Crippen LogP contribution in [0.1, 0.15) is 35.7 Å². The lowest BCUT2D eigenvalue weighted by molar-refractivity contribution is -0.121. The number of aromatic nitrogens is 2. The van der Waals surface area contributed by atoms with Crippen molar-refractivity contribution < 1.29 is 9.18 Å². The molecular weight excluding hydrogens is 395 g/mol. The molecule has 7 heteroatoms. The minimum absolute atomic E-state index is 0.0723. The average molecular weight is 420 g/mol. The number of amides is 1. The molecule has 2 aromatic carbocycles. The first-order valence-electron chi connectivity index (χ1n) is 10.5. The van der Waals surface area contributed by atoms with Gasteiger partial charge in [0.2, 0.25) is 11.9 Å². The largest absolute Gasteiger partial charge is 0.349 e. The van der Waals surface area contributed by atoms with E-state index in [-0.39, 0.29) is 29.7 Å². The van der Waals surface area contributed by atoms with Crippen molar-refractivity contribution in [3.05, 3.63) is 93.7 Å². The summed E-state index contributed by atoms with van der Waals surface area (Å²) in [5.41, 5.74) is 1.94. The number of H-pyrrole nitrogens is 1. The zero-order valence-electron chi connectivity index (χ0n) is 17.2. The smallest absolute Gasteiger partial charge is 0.252 e. The highest BCUT2D eigenvalue weighted by molar-refractivity contribution is 5.79. The molecule has 3 aromatic rings. The van der Waals surface area contributed by atoms with E-state index >= 15 is 0 Å². The SMILES string of the molecule is O=C(Cc1cccc(F)c1)N[C@@H](Cc1cc(=O)[nH]c(N2CCCC2)n1)c1ccccc1. The maximum absolute atomic E-state index is 13.5. The summed E-state index contributed by atoms with van der Waals surface area (Å²) in [6.45, 7) is 1.75. The molecule has 1 amide bonds. The number of rotatable bonds is 7. The van der Waals surface area contributed by atoms with Crippen LogP contribution in [0.2, 0.25) is 0 Å². The molecule has 4 rings (SSSR count). The molecule has 1 atom stereocenters. The van der Waals surface area contributed by atoms with Crippen LogP contribution < -0.4 is 15.8 Å². The van der Waals surface area contributed by atoms with Crippen LogP contribution >= 0.6 is 0 Å². The van der Waals surface area contributed by atoms with Gasteiger partial charge in [-0.1, -0.05) is 42.5 Å².